The van der Waals surface area contributed by atoms with Gasteiger partial charge in [-0.05, 0) is 37.1 Å². The van der Waals surface area contributed by atoms with Gasteiger partial charge in [0, 0.05) is 56.0 Å². The number of rotatable bonds is 7. The molecule has 0 aromatic heterocycles. The number of aliphatic hydroxyl groups excluding tert-OH is 1. The van der Waals surface area contributed by atoms with Crippen molar-refractivity contribution in [2.75, 3.05) is 22.8 Å². The third kappa shape index (κ3) is 4.11. The van der Waals surface area contributed by atoms with Crippen molar-refractivity contribution in [2.45, 2.75) is 12.8 Å². The lowest BCUT2D eigenvalue weighted by atomic mass is 10.1. The van der Waals surface area contributed by atoms with Crippen molar-refractivity contribution in [1.82, 2.24) is 5.32 Å². The van der Waals surface area contributed by atoms with Gasteiger partial charge in [0.2, 0.25) is 0 Å². The molecule has 22 heavy (non-hydrogen) atoms. The van der Waals surface area contributed by atoms with Crippen molar-refractivity contribution in [3.63, 3.8) is 0 Å². The Morgan fingerprint density at radius 1 is 1.32 bits per heavy atom. The van der Waals surface area contributed by atoms with Crippen LogP contribution in [0.1, 0.15) is 12.8 Å². The Labute approximate surface area is 139 Å². The number of nitrogens with one attached hydrogen (secondary N) is 1. The Kier molecular flexibility index (Phi) is 6.47. The molecule has 0 bridgehead atoms. The fraction of sp³-hybridized carbons (Fsp3) is 0.333. The maximum absolute atomic E-state index is 13.0. The van der Waals surface area contributed by atoms with Crippen LogP contribution in [0.15, 0.2) is 35.5 Å². The summed E-state index contributed by atoms with van der Waals surface area (Å²) in [5.41, 5.74) is 7.68. The van der Waals surface area contributed by atoms with Crippen molar-refractivity contribution in [3.8, 4) is 0 Å². The molecule has 1 aromatic carbocycles. The molecule has 1 aromatic rings. The third-order valence-corrected chi connectivity index (χ3v) is 5.57. The van der Waals surface area contributed by atoms with Crippen molar-refractivity contribution >= 4 is 36.6 Å². The first-order valence-electron chi connectivity index (χ1n) is 7.02. The number of amides is 1. The van der Waals surface area contributed by atoms with Gasteiger partial charge in [-0.25, -0.2) is 4.39 Å². The number of allylic oxidation sites excluding steroid dienone is 1. The van der Waals surface area contributed by atoms with Crippen LogP contribution in [0.5, 0.6) is 0 Å². The summed E-state index contributed by atoms with van der Waals surface area (Å²) in [4.78, 5) is 12.7. The SMILES string of the molecule is NCCNC1=C(CCCO)C(=O)N(c2ccc(F)cc2)I=C1. The van der Waals surface area contributed by atoms with Gasteiger partial charge in [0.15, 0.2) is 0 Å². The average Bonchev–Trinajstić information content (AvgIpc) is 2.53. The molecule has 120 valence electrons. The number of halogens is 2. The van der Waals surface area contributed by atoms with Crippen LogP contribution in [-0.2, 0) is 4.79 Å². The summed E-state index contributed by atoms with van der Waals surface area (Å²) in [6, 6.07) is 5.93. The van der Waals surface area contributed by atoms with Crippen LogP contribution >= 0.6 is 21.0 Å². The molecule has 1 aliphatic rings. The Balaban J connectivity index is 2.25. The Morgan fingerprint density at radius 3 is 2.68 bits per heavy atom. The zero-order chi connectivity index (χ0) is 15.9. The number of anilines is 1. The molecule has 5 nitrogen and oxygen atoms in total. The molecule has 2 rings (SSSR count). The number of carbonyl (C=O) groups excluding carboxylic acids is 1. The molecule has 0 radical (unpaired) electrons. The average molecular weight is 419 g/mol. The maximum Gasteiger partial charge on any atom is 0.264 e. The molecule has 0 fully saturated rings. The van der Waals surface area contributed by atoms with Crippen LogP contribution in [0.4, 0.5) is 10.1 Å². The van der Waals surface area contributed by atoms with Crippen LogP contribution < -0.4 is 14.2 Å². The van der Waals surface area contributed by atoms with Gasteiger partial charge in [-0.15, -0.1) is 0 Å². The highest BCUT2D eigenvalue weighted by Gasteiger charge is 2.25. The van der Waals surface area contributed by atoms with Crippen molar-refractivity contribution < 1.29 is 14.3 Å². The first-order valence-corrected chi connectivity index (χ1v) is 9.23. The van der Waals surface area contributed by atoms with Gasteiger partial charge >= 0.3 is 0 Å². The Hall–Kier alpha value is -1.32. The van der Waals surface area contributed by atoms with Crippen molar-refractivity contribution in [2.24, 2.45) is 5.73 Å². The van der Waals surface area contributed by atoms with E-state index in [1.807, 2.05) is 4.01 Å². The summed E-state index contributed by atoms with van der Waals surface area (Å²) >= 11 is -0.668. The van der Waals surface area contributed by atoms with Gasteiger partial charge in [0.05, 0.1) is 5.69 Å². The summed E-state index contributed by atoms with van der Waals surface area (Å²) in [7, 11) is 0. The largest absolute Gasteiger partial charge is 0.396 e. The minimum atomic E-state index is -0.668. The van der Waals surface area contributed by atoms with Crippen LogP contribution in [0.2, 0.25) is 0 Å². The predicted octanol–water partition coefficient (Wildman–Crippen LogP) is 1.44. The minimum Gasteiger partial charge on any atom is -0.396 e. The van der Waals surface area contributed by atoms with E-state index >= 15 is 0 Å². The van der Waals surface area contributed by atoms with Gasteiger partial charge in [-0.3, -0.25) is 7.91 Å². The lowest BCUT2D eigenvalue weighted by Gasteiger charge is -2.25. The monoisotopic (exact) mass is 419 g/mol. The minimum absolute atomic E-state index is 0.0343. The first-order chi connectivity index (χ1) is 10.7. The molecule has 1 heterocycles. The van der Waals surface area contributed by atoms with Gasteiger partial charge in [0.1, 0.15) is 5.82 Å². The summed E-state index contributed by atoms with van der Waals surface area (Å²) in [6.45, 7) is 1.12. The highest BCUT2D eigenvalue weighted by molar-refractivity contribution is 14.2. The number of aliphatic hydroxyl groups is 1. The lowest BCUT2D eigenvalue weighted by molar-refractivity contribution is -0.113. The van der Waals surface area contributed by atoms with Gasteiger partial charge in [-0.2, -0.15) is 0 Å². The normalized spacial score (nSPS) is 15.0. The molecule has 0 aliphatic carbocycles. The second-order valence-corrected chi connectivity index (χ2v) is 6.85. The molecule has 1 aliphatic heterocycles. The van der Waals surface area contributed by atoms with E-state index in [4.69, 9.17) is 10.8 Å². The van der Waals surface area contributed by atoms with Crippen LogP contribution in [0, 0.1) is 5.82 Å². The highest BCUT2D eigenvalue weighted by Crippen LogP contribution is 2.30. The molecule has 7 heteroatoms. The fourth-order valence-corrected chi connectivity index (χ4v) is 4.38. The van der Waals surface area contributed by atoms with E-state index in [-0.39, 0.29) is 18.3 Å². The number of benzene rings is 1. The first kappa shape index (κ1) is 17.0. The van der Waals surface area contributed by atoms with E-state index in [2.05, 4.69) is 5.32 Å². The summed E-state index contributed by atoms with van der Waals surface area (Å²) in [5.74, 6) is -0.397. The van der Waals surface area contributed by atoms with Gasteiger partial charge in [-0.1, -0.05) is 0 Å². The highest BCUT2D eigenvalue weighted by atomic mass is 127. The van der Waals surface area contributed by atoms with E-state index in [0.717, 1.165) is 5.70 Å². The smallest absolute Gasteiger partial charge is 0.264 e. The van der Waals surface area contributed by atoms with Crippen molar-refractivity contribution in [3.05, 3.63) is 41.4 Å². The van der Waals surface area contributed by atoms with Crippen molar-refractivity contribution in [1.29, 1.82) is 0 Å². The molecular weight excluding hydrogens is 400 g/mol. The fourth-order valence-electron chi connectivity index (χ4n) is 2.04. The maximum atomic E-state index is 13.0. The molecule has 0 atom stereocenters. The molecular formula is C15H19FIN3O2. The summed E-state index contributed by atoms with van der Waals surface area (Å²) in [6.07, 6.45) is 1.03. The Bertz CT molecular complexity index is 587. The quantitative estimate of drug-likeness (QED) is 0.462. The lowest BCUT2D eigenvalue weighted by Crippen LogP contribution is -2.33. The zero-order valence-electron chi connectivity index (χ0n) is 12.1. The number of nitrogens with zero attached hydrogens (tertiary/aromatic N) is 1. The van der Waals surface area contributed by atoms with E-state index in [1.54, 1.807) is 15.2 Å². The van der Waals surface area contributed by atoms with Crippen LogP contribution in [0.3, 0.4) is 0 Å². The topological polar surface area (TPSA) is 78.6 Å². The second kappa shape index (κ2) is 8.35. The van der Waals surface area contributed by atoms with Crippen LogP contribution in [-0.4, -0.2) is 34.7 Å². The molecule has 0 unspecified atom stereocenters. The van der Waals surface area contributed by atoms with Gasteiger partial charge in [0.25, 0.3) is 5.91 Å². The number of hydrogen-bond donors (Lipinski definition) is 3. The number of carbonyl (C=O) groups is 1. The van der Waals surface area contributed by atoms with Gasteiger partial charge < -0.3 is 16.2 Å². The van der Waals surface area contributed by atoms with E-state index in [1.165, 1.54) is 12.1 Å². The third-order valence-electron chi connectivity index (χ3n) is 3.12. The molecule has 4 N–H and O–H groups in total. The Morgan fingerprint density at radius 2 is 2.05 bits per heavy atom. The second-order valence-electron chi connectivity index (χ2n) is 4.70. The number of hydrogen-bond acceptors (Lipinski definition) is 4. The van der Waals surface area contributed by atoms with E-state index < -0.39 is 21.0 Å². The molecule has 0 saturated heterocycles. The zero-order valence-corrected chi connectivity index (χ0v) is 14.2. The predicted molar refractivity (Wildman–Crippen MR) is 94.4 cm³/mol. The summed E-state index contributed by atoms with van der Waals surface area (Å²) < 4.78 is 16.8. The van der Waals surface area contributed by atoms with E-state index in [0.29, 0.717) is 37.2 Å². The molecule has 1 amide bonds. The van der Waals surface area contributed by atoms with E-state index in [9.17, 15) is 9.18 Å². The molecule has 0 spiro atoms. The molecule has 0 saturated carbocycles. The van der Waals surface area contributed by atoms with Crippen LogP contribution in [0.25, 0.3) is 0 Å². The number of nitrogens with two attached hydrogens (primary N) is 1. The summed E-state index contributed by atoms with van der Waals surface area (Å²) in [5, 5.41) is 12.2. The standard InChI is InChI=1S/C15H19FIN3O2/c16-11-3-5-12(6-4-11)20-15(22)13(2-1-9-21)14(10-17-20)19-8-7-18/h3-6,10,19,21H,1-2,7-9,18H2.